The van der Waals surface area contributed by atoms with Crippen molar-refractivity contribution in [2.24, 2.45) is 0 Å². The molecule has 3 N–H and O–H groups in total. The summed E-state index contributed by atoms with van der Waals surface area (Å²) < 4.78 is 5.32. The average Bonchev–Trinajstić information content (AvgIpc) is 3.32. The zero-order valence-corrected chi connectivity index (χ0v) is 17.8. The third kappa shape index (κ3) is 5.61. The van der Waals surface area contributed by atoms with Crippen LogP contribution in [0.25, 0.3) is 17.7 Å². The Hall–Kier alpha value is -2.79. The van der Waals surface area contributed by atoms with E-state index in [1.54, 1.807) is 25.5 Å². The van der Waals surface area contributed by atoms with E-state index in [0.717, 1.165) is 48.2 Å². The Kier molecular flexibility index (Phi) is 8.74. The Balaban J connectivity index is 0.00000145. The highest BCUT2D eigenvalue weighted by atomic mass is 16.5. The first-order valence-electron chi connectivity index (χ1n) is 10.4. The number of aliphatic hydroxyl groups excluding tert-OH is 1. The lowest BCUT2D eigenvalue weighted by molar-refractivity contribution is -0.110. The molecule has 0 saturated carbocycles. The minimum absolute atomic E-state index is 0.147. The number of ether oxygens (including phenoxy) is 1. The molecule has 5 heteroatoms. The molecule has 0 unspecified atom stereocenters. The summed E-state index contributed by atoms with van der Waals surface area (Å²) in [6.45, 7) is 6.15. The number of rotatable bonds is 8. The Labute approximate surface area is 173 Å². The molecule has 0 bridgehead atoms. The zero-order valence-electron chi connectivity index (χ0n) is 17.8. The summed E-state index contributed by atoms with van der Waals surface area (Å²) in [6.07, 6.45) is 10.8. The highest BCUT2D eigenvalue weighted by molar-refractivity contribution is 6.35. The van der Waals surface area contributed by atoms with Crippen LogP contribution in [-0.2, 0) is 4.79 Å². The smallest absolute Gasteiger partial charge is 0.256 e. The van der Waals surface area contributed by atoms with Crippen molar-refractivity contribution in [3.05, 3.63) is 53.4 Å². The predicted molar refractivity (Wildman–Crippen MR) is 121 cm³/mol. The summed E-state index contributed by atoms with van der Waals surface area (Å²) in [5.74, 6) is 0.536. The lowest BCUT2D eigenvalue weighted by Crippen LogP contribution is -2.03. The fourth-order valence-corrected chi connectivity index (χ4v) is 3.27. The summed E-state index contributed by atoms with van der Waals surface area (Å²) >= 11 is 0. The molecule has 0 fully saturated rings. The number of carbonyl (C=O) groups excluding carboxylic acids is 1. The Morgan fingerprint density at radius 1 is 1.21 bits per heavy atom. The van der Waals surface area contributed by atoms with Crippen LogP contribution in [0.4, 0.5) is 5.69 Å². The van der Waals surface area contributed by atoms with Crippen LogP contribution in [0.1, 0.15) is 63.3 Å². The van der Waals surface area contributed by atoms with Crippen molar-refractivity contribution in [3.63, 3.8) is 0 Å². The van der Waals surface area contributed by atoms with Gasteiger partial charge in [-0.15, -0.1) is 0 Å². The monoisotopic (exact) mass is 396 g/mol. The second kappa shape index (κ2) is 11.3. The van der Waals surface area contributed by atoms with E-state index in [9.17, 15) is 9.90 Å². The minimum Gasteiger partial charge on any atom is -0.495 e. The molecular formula is C24H32N2O3. The number of aromatic nitrogens is 1. The first kappa shape index (κ1) is 22.5. The van der Waals surface area contributed by atoms with Gasteiger partial charge in [0.25, 0.3) is 5.91 Å². The molecule has 29 heavy (non-hydrogen) atoms. The fourth-order valence-electron chi connectivity index (χ4n) is 3.27. The lowest BCUT2D eigenvalue weighted by atomic mass is 9.98. The normalized spacial score (nSPS) is 15.1. The van der Waals surface area contributed by atoms with E-state index in [4.69, 9.17) is 4.74 Å². The molecule has 1 aliphatic heterocycles. The van der Waals surface area contributed by atoms with Crippen molar-refractivity contribution >= 4 is 29.3 Å². The van der Waals surface area contributed by atoms with E-state index >= 15 is 0 Å². The maximum atomic E-state index is 12.5. The second-order valence-corrected chi connectivity index (χ2v) is 6.66. The van der Waals surface area contributed by atoms with Crippen molar-refractivity contribution in [3.8, 4) is 5.75 Å². The van der Waals surface area contributed by atoms with Gasteiger partial charge in [-0.25, -0.2) is 0 Å². The molecule has 0 saturated heterocycles. The number of nitrogens with one attached hydrogen (secondary N) is 2. The molecule has 2 aromatic rings. The van der Waals surface area contributed by atoms with Gasteiger partial charge >= 0.3 is 0 Å². The van der Waals surface area contributed by atoms with E-state index < -0.39 is 6.10 Å². The van der Waals surface area contributed by atoms with Gasteiger partial charge in [-0.2, -0.15) is 0 Å². The number of aliphatic hydroxyl groups is 1. The number of carbonyl (C=O) groups is 1. The molecule has 0 spiro atoms. The van der Waals surface area contributed by atoms with Gasteiger partial charge in [-0.05, 0) is 30.2 Å². The van der Waals surface area contributed by atoms with Gasteiger partial charge in [0.1, 0.15) is 5.75 Å². The van der Waals surface area contributed by atoms with Gasteiger partial charge < -0.3 is 20.1 Å². The van der Waals surface area contributed by atoms with Crippen molar-refractivity contribution in [2.75, 3.05) is 12.4 Å². The molecule has 1 aromatic heterocycles. The molecule has 156 valence electrons. The van der Waals surface area contributed by atoms with E-state index in [2.05, 4.69) is 17.2 Å². The molecule has 5 nitrogen and oxygen atoms in total. The molecule has 3 rings (SSSR count). The third-order valence-corrected chi connectivity index (χ3v) is 4.71. The Bertz CT molecular complexity index is 865. The number of unbranched alkanes of at least 4 members (excludes halogenated alkanes) is 2. The van der Waals surface area contributed by atoms with Crippen molar-refractivity contribution < 1.29 is 14.6 Å². The van der Waals surface area contributed by atoms with Crippen LogP contribution in [0.2, 0.25) is 0 Å². The summed E-state index contributed by atoms with van der Waals surface area (Å²) in [6, 6.07) is 7.56. The molecule has 1 aliphatic rings. The van der Waals surface area contributed by atoms with Crippen LogP contribution in [0.15, 0.2) is 36.5 Å². The summed E-state index contributed by atoms with van der Waals surface area (Å²) in [5, 5.41) is 13.1. The van der Waals surface area contributed by atoms with Crippen molar-refractivity contribution in [2.45, 2.75) is 52.6 Å². The van der Waals surface area contributed by atoms with Crippen molar-refractivity contribution in [1.82, 2.24) is 4.98 Å². The van der Waals surface area contributed by atoms with Crippen LogP contribution >= 0.6 is 0 Å². The van der Waals surface area contributed by atoms with E-state index in [1.807, 2.05) is 44.2 Å². The summed E-state index contributed by atoms with van der Waals surface area (Å²) in [4.78, 5) is 15.6. The molecular weight excluding hydrogens is 364 g/mol. The maximum Gasteiger partial charge on any atom is 0.256 e. The number of anilines is 1. The number of amides is 1. The first-order valence-corrected chi connectivity index (χ1v) is 10.4. The van der Waals surface area contributed by atoms with Gasteiger partial charge in [0.05, 0.1) is 24.5 Å². The molecule has 1 aromatic carbocycles. The molecule has 1 atom stereocenters. The van der Waals surface area contributed by atoms with Crippen LogP contribution in [-0.4, -0.2) is 29.2 Å². The maximum absolute atomic E-state index is 12.5. The Morgan fingerprint density at radius 3 is 2.72 bits per heavy atom. The van der Waals surface area contributed by atoms with E-state index in [-0.39, 0.29) is 5.91 Å². The van der Waals surface area contributed by atoms with E-state index in [0.29, 0.717) is 11.3 Å². The van der Waals surface area contributed by atoms with Crippen LogP contribution in [0.5, 0.6) is 5.75 Å². The number of aromatic amines is 1. The second-order valence-electron chi connectivity index (χ2n) is 6.66. The molecule has 2 heterocycles. The first-order chi connectivity index (χ1) is 14.1. The Morgan fingerprint density at radius 2 is 2.00 bits per heavy atom. The fraction of sp³-hybridized carbons (Fsp3) is 0.375. The number of hydrogen-bond donors (Lipinski definition) is 3. The highest BCUT2D eigenvalue weighted by Crippen LogP contribution is 2.37. The molecule has 1 amide bonds. The highest BCUT2D eigenvalue weighted by Gasteiger charge is 2.26. The minimum atomic E-state index is -0.478. The van der Waals surface area contributed by atoms with E-state index in [1.165, 1.54) is 0 Å². The topological polar surface area (TPSA) is 74.3 Å². The molecule has 0 radical (unpaired) electrons. The van der Waals surface area contributed by atoms with Crippen LogP contribution < -0.4 is 10.1 Å². The number of methoxy groups -OCH3 is 1. The van der Waals surface area contributed by atoms with Gasteiger partial charge in [-0.3, -0.25) is 4.79 Å². The van der Waals surface area contributed by atoms with Gasteiger partial charge in [0.15, 0.2) is 0 Å². The third-order valence-electron chi connectivity index (χ3n) is 4.71. The van der Waals surface area contributed by atoms with Crippen molar-refractivity contribution in [1.29, 1.82) is 0 Å². The largest absolute Gasteiger partial charge is 0.495 e. The number of fused-ring (bicyclic) bond motifs is 1. The van der Waals surface area contributed by atoms with Crippen LogP contribution in [0, 0.1) is 0 Å². The van der Waals surface area contributed by atoms with Gasteiger partial charge in [0, 0.05) is 17.4 Å². The average molecular weight is 397 g/mol. The quantitative estimate of drug-likeness (QED) is 0.408. The number of hydrogen-bond acceptors (Lipinski definition) is 3. The number of H-pyrrole nitrogens is 1. The lowest BCUT2D eigenvalue weighted by Gasteiger charge is -2.07. The summed E-state index contributed by atoms with van der Waals surface area (Å²) in [5.41, 5.74) is 3.84. The number of benzene rings is 1. The van der Waals surface area contributed by atoms with Crippen LogP contribution in [0.3, 0.4) is 0 Å². The van der Waals surface area contributed by atoms with Gasteiger partial charge in [0.2, 0.25) is 0 Å². The zero-order chi connectivity index (χ0) is 21.2. The summed E-state index contributed by atoms with van der Waals surface area (Å²) in [7, 11) is 1.60. The van der Waals surface area contributed by atoms with Gasteiger partial charge in [-0.1, -0.05) is 64.3 Å². The molecule has 0 aliphatic carbocycles. The predicted octanol–water partition coefficient (Wildman–Crippen LogP) is 5.50. The standard InChI is InChI=1S/C22H26N2O3.C2H6/c1-3-4-5-8-16(25)11-10-15-7-6-9-18-21(15)17(22(26)24-18)14-19-20(27-2)12-13-23-19;1-2/h6-7,9-14,16,23,25H,3-5,8H2,1-2H3,(H,24,26);1-2H3/b11-10?,17-14-;/t16-;/m1./s1. The SMILES string of the molecule is CC.CCCCC[C@@H](O)C=Cc1cccc2c1/C(=C/c1[nH]ccc1OC)C(=O)N2.